The van der Waals surface area contributed by atoms with Crippen LogP contribution in [-0.4, -0.2) is 85.8 Å². The van der Waals surface area contributed by atoms with Crippen LogP contribution >= 0.6 is 0 Å². The first-order chi connectivity index (χ1) is 17.4. The van der Waals surface area contributed by atoms with Gasteiger partial charge in [-0.1, -0.05) is 13.8 Å². The number of carbonyl (C=O) groups excluding carboxylic acids is 2. The highest BCUT2D eigenvalue weighted by molar-refractivity contribution is 5.97. The fourth-order valence-corrected chi connectivity index (χ4v) is 4.42. The van der Waals surface area contributed by atoms with Crippen molar-refractivity contribution in [3.8, 4) is 5.88 Å². The quantitative estimate of drug-likeness (QED) is 0.534. The van der Waals surface area contributed by atoms with E-state index in [0.29, 0.717) is 11.3 Å². The molecule has 0 bridgehead atoms. The number of rotatable bonds is 7. The molecule has 2 aromatic rings. The molecule has 1 aliphatic carbocycles. The summed E-state index contributed by atoms with van der Waals surface area (Å²) in [6, 6.07) is -0.0141. The van der Waals surface area contributed by atoms with Crippen LogP contribution in [0.4, 0.5) is 13.2 Å². The van der Waals surface area contributed by atoms with Crippen LogP contribution in [0.3, 0.4) is 0 Å². The lowest BCUT2D eigenvalue weighted by atomic mass is 10.1. The summed E-state index contributed by atoms with van der Waals surface area (Å²) in [6.07, 6.45) is 0.120. The highest BCUT2D eigenvalue weighted by atomic mass is 19.4. The molecular weight excluding hydrogens is 493 g/mol. The minimum atomic E-state index is -4.29. The number of aryl methyl sites for hydroxylation is 1. The molecule has 2 aromatic heterocycles. The Morgan fingerprint density at radius 3 is 2.41 bits per heavy atom. The van der Waals surface area contributed by atoms with E-state index in [0.717, 1.165) is 17.4 Å². The minimum Gasteiger partial charge on any atom is -0.494 e. The zero-order chi connectivity index (χ0) is 27.1. The summed E-state index contributed by atoms with van der Waals surface area (Å²) in [4.78, 5) is 41.4. The van der Waals surface area contributed by atoms with Gasteiger partial charge in [-0.05, 0) is 31.8 Å². The smallest absolute Gasteiger partial charge is 0.401 e. The number of nitrogens with one attached hydrogen (secondary N) is 1. The fraction of sp³-hybridized carbons (Fsp3) is 0.583. The maximum Gasteiger partial charge on any atom is 0.401 e. The van der Waals surface area contributed by atoms with Crippen LogP contribution in [0.15, 0.2) is 10.9 Å². The van der Waals surface area contributed by atoms with Crippen molar-refractivity contribution >= 4 is 23.5 Å². The molecule has 4 rings (SSSR count). The van der Waals surface area contributed by atoms with Crippen molar-refractivity contribution < 1.29 is 27.9 Å². The van der Waals surface area contributed by atoms with Gasteiger partial charge in [0.25, 0.3) is 11.5 Å². The molecule has 0 radical (unpaired) electrons. The maximum atomic E-state index is 13.2. The predicted octanol–water partition coefficient (Wildman–Crippen LogP) is 1.78. The molecule has 37 heavy (non-hydrogen) atoms. The number of aromatic nitrogens is 3. The fourth-order valence-electron chi connectivity index (χ4n) is 4.42. The second kappa shape index (κ2) is 10.2. The van der Waals surface area contributed by atoms with E-state index < -0.39 is 30.1 Å². The molecule has 2 N–H and O–H groups in total. The molecule has 13 heteroatoms. The van der Waals surface area contributed by atoms with E-state index in [9.17, 15) is 32.7 Å². The second-order valence-electron chi connectivity index (χ2n) is 10.0. The van der Waals surface area contributed by atoms with E-state index in [-0.39, 0.29) is 61.8 Å². The van der Waals surface area contributed by atoms with Gasteiger partial charge < -0.3 is 15.3 Å². The lowest BCUT2D eigenvalue weighted by molar-refractivity contribution is -0.150. The molecule has 2 amide bonds. The van der Waals surface area contributed by atoms with Crippen LogP contribution in [0.25, 0.3) is 11.7 Å². The van der Waals surface area contributed by atoms with Crippen molar-refractivity contribution in [2.45, 2.75) is 52.4 Å². The summed E-state index contributed by atoms with van der Waals surface area (Å²) >= 11 is 0. The number of aromatic hydroxyl groups is 1. The van der Waals surface area contributed by atoms with Crippen molar-refractivity contribution in [2.24, 2.45) is 5.92 Å². The molecule has 2 aliphatic rings. The summed E-state index contributed by atoms with van der Waals surface area (Å²) < 4.78 is 40.4. The zero-order valence-electron chi connectivity index (χ0n) is 21.0. The number of hydrogen-bond acceptors (Lipinski definition) is 6. The van der Waals surface area contributed by atoms with Crippen molar-refractivity contribution in [3.63, 3.8) is 0 Å². The number of alkyl halides is 3. The third-order valence-corrected chi connectivity index (χ3v) is 6.39. The third-order valence-electron chi connectivity index (χ3n) is 6.39. The third kappa shape index (κ3) is 5.97. The Kier molecular flexibility index (Phi) is 7.36. The first-order valence-electron chi connectivity index (χ1n) is 12.3. The van der Waals surface area contributed by atoms with Crippen molar-refractivity contribution in [1.82, 2.24) is 29.3 Å². The number of nitrogens with zero attached hydrogens (tertiary/aromatic N) is 5. The standard InChI is InChI=1S/C24H31F3N6O4/c1-14(2)12-32-21-17(6-7-18(34)31-10-8-30(9-11-31)13-24(25,26)27)15(3)29-33(21)23(37)19(22(32)36)20(35)28-16-4-5-16/h6-7,14,16,36H,4-5,8-13H2,1-3H3,(H,28,35)/b7-6+. The Morgan fingerprint density at radius 1 is 1.19 bits per heavy atom. The normalized spacial score (nSPS) is 17.3. The summed E-state index contributed by atoms with van der Waals surface area (Å²) in [6.45, 7) is 5.29. The summed E-state index contributed by atoms with van der Waals surface area (Å²) in [5.74, 6) is -1.47. The zero-order valence-corrected chi connectivity index (χ0v) is 21.0. The van der Waals surface area contributed by atoms with Gasteiger partial charge in [0.1, 0.15) is 5.65 Å². The van der Waals surface area contributed by atoms with Gasteiger partial charge in [-0.2, -0.15) is 22.8 Å². The van der Waals surface area contributed by atoms with Gasteiger partial charge in [0.15, 0.2) is 5.56 Å². The van der Waals surface area contributed by atoms with Crippen LogP contribution in [0.2, 0.25) is 0 Å². The summed E-state index contributed by atoms with van der Waals surface area (Å²) in [5.41, 5.74) is -0.0683. The topological polar surface area (TPSA) is 112 Å². The van der Waals surface area contributed by atoms with Crippen LogP contribution in [0, 0.1) is 12.8 Å². The van der Waals surface area contributed by atoms with E-state index in [1.54, 1.807) is 6.92 Å². The van der Waals surface area contributed by atoms with Crippen LogP contribution in [0.1, 0.15) is 48.3 Å². The maximum absolute atomic E-state index is 13.2. The molecule has 3 heterocycles. The highest BCUT2D eigenvalue weighted by Gasteiger charge is 2.33. The van der Waals surface area contributed by atoms with Gasteiger partial charge in [-0.3, -0.25) is 23.9 Å². The van der Waals surface area contributed by atoms with Crippen molar-refractivity contribution in [1.29, 1.82) is 0 Å². The van der Waals surface area contributed by atoms with Gasteiger partial charge in [0, 0.05) is 50.4 Å². The van der Waals surface area contributed by atoms with E-state index in [4.69, 9.17) is 0 Å². The number of piperazine rings is 1. The molecule has 1 saturated heterocycles. The molecular formula is C24H31F3N6O4. The molecule has 202 valence electrons. The van der Waals surface area contributed by atoms with E-state index in [1.807, 2.05) is 13.8 Å². The average molecular weight is 525 g/mol. The van der Waals surface area contributed by atoms with Crippen LogP contribution < -0.4 is 10.9 Å². The van der Waals surface area contributed by atoms with Gasteiger partial charge >= 0.3 is 6.18 Å². The SMILES string of the molecule is Cc1nn2c(=O)c(C(=O)NC3CC3)c(O)n(CC(C)C)c2c1/C=C/C(=O)N1CCN(CC(F)(F)F)CC1. The Hall–Kier alpha value is -3.35. The number of amides is 2. The predicted molar refractivity (Wildman–Crippen MR) is 129 cm³/mol. The molecule has 1 aliphatic heterocycles. The molecule has 10 nitrogen and oxygen atoms in total. The molecule has 0 unspecified atom stereocenters. The van der Waals surface area contributed by atoms with Gasteiger partial charge in [-0.25, -0.2) is 0 Å². The number of carbonyl (C=O) groups is 2. The summed E-state index contributed by atoms with van der Waals surface area (Å²) in [7, 11) is 0. The second-order valence-corrected chi connectivity index (χ2v) is 10.0. The van der Waals surface area contributed by atoms with Gasteiger partial charge in [0.2, 0.25) is 11.8 Å². The largest absolute Gasteiger partial charge is 0.494 e. The molecule has 2 fully saturated rings. The Morgan fingerprint density at radius 2 is 1.84 bits per heavy atom. The molecule has 0 aromatic carbocycles. The highest BCUT2D eigenvalue weighted by Crippen LogP contribution is 2.26. The van der Waals surface area contributed by atoms with Crippen LogP contribution in [-0.2, 0) is 11.3 Å². The number of hydrogen-bond donors (Lipinski definition) is 2. The minimum absolute atomic E-state index is 0.0141. The Balaban J connectivity index is 1.64. The number of halogens is 3. The van der Waals surface area contributed by atoms with Gasteiger partial charge in [0.05, 0.1) is 12.2 Å². The Bertz CT molecular complexity index is 1280. The first-order valence-corrected chi connectivity index (χ1v) is 12.3. The molecule has 0 atom stereocenters. The molecule has 1 saturated carbocycles. The lowest BCUT2D eigenvalue weighted by Crippen LogP contribution is -2.50. The van der Waals surface area contributed by atoms with E-state index >= 15 is 0 Å². The first kappa shape index (κ1) is 26.7. The van der Waals surface area contributed by atoms with Gasteiger partial charge in [-0.15, -0.1) is 0 Å². The van der Waals surface area contributed by atoms with E-state index in [2.05, 4.69) is 10.4 Å². The average Bonchev–Trinajstić information content (AvgIpc) is 3.55. The van der Waals surface area contributed by atoms with Crippen LogP contribution in [0.5, 0.6) is 5.88 Å². The van der Waals surface area contributed by atoms with Crippen molar-refractivity contribution in [3.05, 3.63) is 33.3 Å². The number of fused-ring (bicyclic) bond motifs is 1. The monoisotopic (exact) mass is 524 g/mol. The Labute approximate surface area is 211 Å². The van der Waals surface area contributed by atoms with E-state index in [1.165, 1.54) is 26.5 Å². The summed E-state index contributed by atoms with van der Waals surface area (Å²) in [5, 5.41) is 18.0. The lowest BCUT2D eigenvalue weighted by Gasteiger charge is -2.34. The molecule has 0 spiro atoms. The van der Waals surface area contributed by atoms with Crippen molar-refractivity contribution in [2.75, 3.05) is 32.7 Å².